The molecule has 1 aromatic carbocycles. The van der Waals surface area contributed by atoms with E-state index in [0.29, 0.717) is 12.5 Å². The van der Waals surface area contributed by atoms with Gasteiger partial charge in [-0.2, -0.15) is 4.31 Å². The number of rotatable bonds is 4. The van der Waals surface area contributed by atoms with Gasteiger partial charge in [-0.3, -0.25) is 4.90 Å². The van der Waals surface area contributed by atoms with Gasteiger partial charge in [0.2, 0.25) is 10.0 Å². The quantitative estimate of drug-likeness (QED) is 0.666. The molecule has 7 heteroatoms. The summed E-state index contributed by atoms with van der Waals surface area (Å²) in [4.78, 5) is 2.50. The maximum atomic E-state index is 12.2. The first kappa shape index (κ1) is 22.2. The van der Waals surface area contributed by atoms with E-state index in [1.165, 1.54) is 16.3 Å². The van der Waals surface area contributed by atoms with Crippen LogP contribution in [-0.2, 0) is 16.6 Å². The van der Waals surface area contributed by atoms with Crippen LogP contribution in [0.15, 0.2) is 28.7 Å². The molecular formula is C19H30BrClN2O2S. The van der Waals surface area contributed by atoms with Crippen molar-refractivity contribution in [3.63, 3.8) is 0 Å². The van der Waals surface area contributed by atoms with Crippen molar-refractivity contribution in [2.75, 3.05) is 25.9 Å². The molecule has 3 rings (SSSR count). The minimum Gasteiger partial charge on any atom is -0.299 e. The van der Waals surface area contributed by atoms with Crippen LogP contribution in [0.4, 0.5) is 0 Å². The lowest BCUT2D eigenvalue weighted by Gasteiger charge is -2.39. The molecule has 2 heterocycles. The lowest BCUT2D eigenvalue weighted by Crippen LogP contribution is -2.47. The molecule has 0 spiro atoms. The number of benzene rings is 1. The topological polar surface area (TPSA) is 40.6 Å². The van der Waals surface area contributed by atoms with E-state index in [2.05, 4.69) is 39.0 Å². The first-order valence-corrected chi connectivity index (χ1v) is 12.0. The molecule has 2 fully saturated rings. The van der Waals surface area contributed by atoms with Gasteiger partial charge >= 0.3 is 0 Å². The summed E-state index contributed by atoms with van der Waals surface area (Å²) in [5.74, 6) is 0.503. The summed E-state index contributed by atoms with van der Waals surface area (Å²) in [5.41, 5.74) is 1.33. The molecule has 148 valence electrons. The lowest BCUT2D eigenvalue weighted by atomic mass is 9.87. The Morgan fingerprint density at radius 2 is 1.73 bits per heavy atom. The van der Waals surface area contributed by atoms with E-state index in [1.54, 1.807) is 0 Å². The first-order valence-electron chi connectivity index (χ1n) is 9.38. The van der Waals surface area contributed by atoms with E-state index >= 15 is 0 Å². The number of likely N-dealkylation sites (tertiary alicyclic amines) is 1. The van der Waals surface area contributed by atoms with Gasteiger partial charge in [0.25, 0.3) is 0 Å². The van der Waals surface area contributed by atoms with Gasteiger partial charge in [-0.15, -0.1) is 12.4 Å². The van der Waals surface area contributed by atoms with E-state index in [9.17, 15) is 8.42 Å². The Kier molecular flexibility index (Phi) is 8.41. The molecular weight excluding hydrogens is 436 g/mol. The highest BCUT2D eigenvalue weighted by molar-refractivity contribution is 9.10. The van der Waals surface area contributed by atoms with Crippen molar-refractivity contribution in [2.45, 2.75) is 51.1 Å². The highest BCUT2D eigenvalue weighted by Crippen LogP contribution is 2.32. The Morgan fingerprint density at radius 3 is 2.38 bits per heavy atom. The summed E-state index contributed by atoms with van der Waals surface area (Å²) < 4.78 is 27.5. The van der Waals surface area contributed by atoms with E-state index in [0.717, 1.165) is 58.2 Å². The predicted octanol–water partition coefficient (Wildman–Crippen LogP) is 4.29. The summed E-state index contributed by atoms with van der Waals surface area (Å²) in [7, 11) is -3.10. The van der Waals surface area contributed by atoms with Crippen molar-refractivity contribution < 1.29 is 8.42 Å². The summed E-state index contributed by atoms with van der Waals surface area (Å²) in [6.45, 7) is 3.79. The number of piperidine rings is 1. The van der Waals surface area contributed by atoms with E-state index < -0.39 is 10.0 Å². The normalized spacial score (nSPS) is 24.0. The smallest absolute Gasteiger partial charge is 0.211 e. The van der Waals surface area contributed by atoms with Crippen LogP contribution in [0, 0.1) is 5.92 Å². The molecule has 0 saturated carbocycles. The number of halogens is 2. The van der Waals surface area contributed by atoms with Crippen molar-refractivity contribution in [1.29, 1.82) is 0 Å². The highest BCUT2D eigenvalue weighted by Gasteiger charge is 2.35. The minimum absolute atomic E-state index is 0. The third-order valence-electron chi connectivity index (χ3n) is 5.70. The number of hydrogen-bond donors (Lipinski definition) is 0. The fourth-order valence-electron chi connectivity index (χ4n) is 4.35. The summed E-state index contributed by atoms with van der Waals surface area (Å²) in [6, 6.07) is 8.61. The maximum Gasteiger partial charge on any atom is 0.211 e. The standard InChI is InChI=1S/C19H29BrN2O2S.ClH/c1-25(23,24)22-12-6-2-3-9-19(22)16-10-13-21(14-11-16)15-17-7-4-5-8-18(17)20;/h4-5,7-8,16,19H,2-3,6,9-15H2,1H3;1H. The van der Waals surface area contributed by atoms with E-state index in [-0.39, 0.29) is 18.4 Å². The van der Waals surface area contributed by atoms with Gasteiger partial charge in [0.05, 0.1) is 6.26 Å². The van der Waals surface area contributed by atoms with Crippen LogP contribution in [0.3, 0.4) is 0 Å². The Labute approximate surface area is 172 Å². The van der Waals surface area contributed by atoms with Gasteiger partial charge in [-0.25, -0.2) is 8.42 Å². The minimum atomic E-state index is -3.10. The second-order valence-electron chi connectivity index (χ2n) is 7.50. The van der Waals surface area contributed by atoms with Crippen LogP contribution in [0.1, 0.15) is 44.1 Å². The molecule has 0 amide bonds. The SMILES string of the molecule is CS(=O)(=O)N1CCCCCC1C1CCN(Cc2ccccc2Br)CC1.Cl. The zero-order valence-corrected chi connectivity index (χ0v) is 18.7. The van der Waals surface area contributed by atoms with Crippen LogP contribution in [0.25, 0.3) is 0 Å². The third kappa shape index (κ3) is 5.68. The molecule has 0 N–H and O–H groups in total. The molecule has 26 heavy (non-hydrogen) atoms. The number of sulfonamides is 1. The molecule has 2 aliphatic heterocycles. The number of hydrogen-bond acceptors (Lipinski definition) is 3. The van der Waals surface area contributed by atoms with Crippen LogP contribution in [-0.4, -0.2) is 49.6 Å². The molecule has 0 aromatic heterocycles. The largest absolute Gasteiger partial charge is 0.299 e. The Bertz CT molecular complexity index is 678. The van der Waals surface area contributed by atoms with Gasteiger partial charge in [0.1, 0.15) is 0 Å². The third-order valence-corrected chi connectivity index (χ3v) is 7.78. The van der Waals surface area contributed by atoms with Gasteiger partial charge in [0.15, 0.2) is 0 Å². The second-order valence-corrected chi connectivity index (χ2v) is 10.3. The van der Waals surface area contributed by atoms with E-state index in [1.807, 2.05) is 10.4 Å². The average molecular weight is 466 g/mol. The van der Waals surface area contributed by atoms with Crippen molar-refractivity contribution in [3.8, 4) is 0 Å². The Morgan fingerprint density at radius 1 is 1.04 bits per heavy atom. The molecule has 0 radical (unpaired) electrons. The van der Waals surface area contributed by atoms with Crippen molar-refractivity contribution in [1.82, 2.24) is 9.21 Å². The predicted molar refractivity (Wildman–Crippen MR) is 113 cm³/mol. The molecule has 4 nitrogen and oxygen atoms in total. The Hall–Kier alpha value is -0.140. The lowest BCUT2D eigenvalue weighted by molar-refractivity contribution is 0.124. The highest BCUT2D eigenvalue weighted by atomic mass is 79.9. The van der Waals surface area contributed by atoms with Crippen molar-refractivity contribution in [2.24, 2.45) is 5.92 Å². The molecule has 1 unspecified atom stereocenters. The van der Waals surface area contributed by atoms with Gasteiger partial charge < -0.3 is 0 Å². The zero-order chi connectivity index (χ0) is 17.9. The fraction of sp³-hybridized carbons (Fsp3) is 0.684. The molecule has 1 aromatic rings. The molecule has 2 saturated heterocycles. The van der Waals surface area contributed by atoms with E-state index in [4.69, 9.17) is 0 Å². The van der Waals surface area contributed by atoms with Crippen molar-refractivity contribution >= 4 is 38.4 Å². The van der Waals surface area contributed by atoms with Crippen LogP contribution >= 0.6 is 28.3 Å². The molecule has 0 aliphatic carbocycles. The van der Waals surface area contributed by atoms with Crippen LogP contribution in [0.5, 0.6) is 0 Å². The summed E-state index contributed by atoms with van der Waals surface area (Å²) >= 11 is 3.64. The summed E-state index contributed by atoms with van der Waals surface area (Å²) in [5, 5.41) is 0. The van der Waals surface area contributed by atoms with Crippen molar-refractivity contribution in [3.05, 3.63) is 34.3 Å². The first-order chi connectivity index (χ1) is 11.9. The van der Waals surface area contributed by atoms with Gasteiger partial charge in [0, 0.05) is 23.6 Å². The molecule has 2 aliphatic rings. The van der Waals surface area contributed by atoms with Crippen LogP contribution < -0.4 is 0 Å². The van der Waals surface area contributed by atoms with Gasteiger partial charge in [-0.05, 0) is 56.3 Å². The fourth-order valence-corrected chi connectivity index (χ4v) is 5.99. The second kappa shape index (κ2) is 9.87. The summed E-state index contributed by atoms with van der Waals surface area (Å²) in [6.07, 6.45) is 7.93. The monoisotopic (exact) mass is 464 g/mol. The van der Waals surface area contributed by atoms with Gasteiger partial charge in [-0.1, -0.05) is 47.0 Å². The van der Waals surface area contributed by atoms with Crippen LogP contribution in [0.2, 0.25) is 0 Å². The molecule has 0 bridgehead atoms. The zero-order valence-electron chi connectivity index (χ0n) is 15.4. The number of nitrogens with zero attached hydrogens (tertiary/aromatic N) is 2. The molecule has 1 atom stereocenters. The maximum absolute atomic E-state index is 12.2. The average Bonchev–Trinajstić information content (AvgIpc) is 2.83. The Balaban J connectivity index is 0.00000243.